The Morgan fingerprint density at radius 3 is 2.75 bits per heavy atom. The molecule has 3 N–H and O–H groups in total. The molecule has 16 heavy (non-hydrogen) atoms. The Hall–Kier alpha value is -2.29. The summed E-state index contributed by atoms with van der Waals surface area (Å²) < 4.78 is 0. The van der Waals surface area contributed by atoms with Gasteiger partial charge in [0.2, 0.25) is 0 Å². The molecule has 1 aliphatic carbocycles. The van der Waals surface area contributed by atoms with E-state index in [0.717, 1.165) is 28.0 Å². The van der Waals surface area contributed by atoms with Gasteiger partial charge in [-0.15, -0.1) is 0 Å². The molecule has 0 saturated carbocycles. The minimum Gasteiger partial charge on any atom is -0.398 e. The molecule has 0 spiro atoms. The Balaban J connectivity index is 2.39. The number of H-pyrrole nitrogens is 1. The molecule has 1 aliphatic rings. The molecule has 3 nitrogen and oxygen atoms in total. The largest absolute Gasteiger partial charge is 0.398 e. The van der Waals surface area contributed by atoms with Crippen LogP contribution in [0.2, 0.25) is 0 Å². The monoisotopic (exact) mass is 209 g/mol. The summed E-state index contributed by atoms with van der Waals surface area (Å²) in [5.41, 5.74) is 9.62. The topological polar surface area (TPSA) is 54.7 Å². The SMILES string of the molecule is Nc1c2c(nc3[nH]ccc13)\C=C/C=C\C=C/2. The van der Waals surface area contributed by atoms with Crippen molar-refractivity contribution in [2.75, 3.05) is 5.73 Å². The van der Waals surface area contributed by atoms with Gasteiger partial charge in [0, 0.05) is 17.1 Å². The number of nitrogens with two attached hydrogens (primary N) is 1. The maximum Gasteiger partial charge on any atom is 0.140 e. The number of nitrogens with zero attached hydrogens (tertiary/aromatic N) is 1. The summed E-state index contributed by atoms with van der Waals surface area (Å²) in [6, 6.07) is 1.95. The van der Waals surface area contributed by atoms with Crippen molar-refractivity contribution in [1.82, 2.24) is 9.97 Å². The van der Waals surface area contributed by atoms with Crippen molar-refractivity contribution < 1.29 is 0 Å². The molecule has 2 heterocycles. The molecule has 0 amide bonds. The summed E-state index contributed by atoms with van der Waals surface area (Å²) in [5.74, 6) is 0. The van der Waals surface area contributed by atoms with E-state index in [1.54, 1.807) is 0 Å². The fourth-order valence-electron chi connectivity index (χ4n) is 1.86. The van der Waals surface area contributed by atoms with E-state index in [0.29, 0.717) is 0 Å². The summed E-state index contributed by atoms with van der Waals surface area (Å²) in [4.78, 5) is 7.61. The lowest BCUT2D eigenvalue weighted by atomic mass is 10.1. The van der Waals surface area contributed by atoms with Crippen molar-refractivity contribution >= 4 is 28.9 Å². The fraction of sp³-hybridized carbons (Fsp3) is 0. The Bertz CT molecular complexity index is 630. The molecule has 0 unspecified atom stereocenters. The van der Waals surface area contributed by atoms with Gasteiger partial charge >= 0.3 is 0 Å². The van der Waals surface area contributed by atoms with Gasteiger partial charge in [-0.2, -0.15) is 0 Å². The number of hydrogen-bond donors (Lipinski definition) is 2. The molecule has 0 atom stereocenters. The maximum atomic E-state index is 6.14. The van der Waals surface area contributed by atoms with Crippen LogP contribution in [0, 0.1) is 0 Å². The number of aromatic nitrogens is 2. The number of hydrogen-bond acceptors (Lipinski definition) is 2. The van der Waals surface area contributed by atoms with Crippen LogP contribution in [-0.2, 0) is 0 Å². The third-order valence-electron chi connectivity index (χ3n) is 2.66. The molecule has 0 aromatic carbocycles. The number of rotatable bonds is 0. The van der Waals surface area contributed by atoms with Crippen LogP contribution in [0.15, 0.2) is 36.6 Å². The fourth-order valence-corrected chi connectivity index (χ4v) is 1.86. The molecule has 0 aliphatic heterocycles. The number of pyridine rings is 1. The molecule has 3 heteroatoms. The molecule has 2 aromatic heterocycles. The predicted molar refractivity (Wildman–Crippen MR) is 67.7 cm³/mol. The van der Waals surface area contributed by atoms with E-state index in [9.17, 15) is 0 Å². The Morgan fingerprint density at radius 2 is 1.88 bits per heavy atom. The van der Waals surface area contributed by atoms with Crippen LogP contribution in [0.25, 0.3) is 23.2 Å². The summed E-state index contributed by atoms with van der Waals surface area (Å²) in [6.45, 7) is 0. The zero-order valence-corrected chi connectivity index (χ0v) is 8.64. The molecule has 0 radical (unpaired) electrons. The molecule has 3 rings (SSSR count). The van der Waals surface area contributed by atoms with Crippen molar-refractivity contribution in [1.29, 1.82) is 0 Å². The minimum atomic E-state index is 0.775. The second kappa shape index (κ2) is 3.38. The van der Waals surface area contributed by atoms with Gasteiger partial charge in [0.1, 0.15) is 5.65 Å². The summed E-state index contributed by atoms with van der Waals surface area (Å²) in [5, 5.41) is 0.973. The number of nitrogen functional groups attached to an aromatic ring is 1. The van der Waals surface area contributed by atoms with Crippen molar-refractivity contribution in [3.8, 4) is 0 Å². The second-order valence-corrected chi connectivity index (χ2v) is 3.67. The molecule has 0 fully saturated rings. The first-order chi connectivity index (χ1) is 7.86. The van der Waals surface area contributed by atoms with Gasteiger partial charge in [0.05, 0.1) is 11.4 Å². The zero-order chi connectivity index (χ0) is 11.0. The zero-order valence-electron chi connectivity index (χ0n) is 8.64. The minimum absolute atomic E-state index is 0.775. The lowest BCUT2D eigenvalue weighted by molar-refractivity contribution is 1.29. The van der Waals surface area contributed by atoms with Gasteiger partial charge in [-0.25, -0.2) is 4.98 Å². The highest BCUT2D eigenvalue weighted by atomic mass is 14.9. The van der Waals surface area contributed by atoms with Gasteiger partial charge in [0.25, 0.3) is 0 Å². The Morgan fingerprint density at radius 1 is 1.06 bits per heavy atom. The average Bonchev–Trinajstić information content (AvgIpc) is 2.69. The highest BCUT2D eigenvalue weighted by Gasteiger charge is 2.09. The third-order valence-corrected chi connectivity index (χ3v) is 2.66. The number of anilines is 1. The van der Waals surface area contributed by atoms with E-state index in [-0.39, 0.29) is 0 Å². The molecular formula is C13H11N3. The highest BCUT2D eigenvalue weighted by Crippen LogP contribution is 2.27. The average molecular weight is 209 g/mol. The summed E-state index contributed by atoms with van der Waals surface area (Å²) >= 11 is 0. The molecule has 2 aromatic rings. The van der Waals surface area contributed by atoms with Crippen molar-refractivity contribution in [2.24, 2.45) is 0 Å². The van der Waals surface area contributed by atoms with Crippen LogP contribution in [0.3, 0.4) is 0 Å². The van der Waals surface area contributed by atoms with E-state index in [1.807, 2.05) is 48.7 Å². The Labute approximate surface area is 93.0 Å². The number of fused-ring (bicyclic) bond motifs is 2. The molecular weight excluding hydrogens is 198 g/mol. The third kappa shape index (κ3) is 1.26. The van der Waals surface area contributed by atoms with E-state index in [1.165, 1.54) is 0 Å². The lowest BCUT2D eigenvalue weighted by Crippen LogP contribution is -1.97. The first-order valence-corrected chi connectivity index (χ1v) is 5.14. The first-order valence-electron chi connectivity index (χ1n) is 5.14. The quantitative estimate of drug-likeness (QED) is 0.701. The van der Waals surface area contributed by atoms with E-state index >= 15 is 0 Å². The van der Waals surface area contributed by atoms with Gasteiger partial charge in [-0.1, -0.05) is 30.4 Å². The van der Waals surface area contributed by atoms with Gasteiger partial charge < -0.3 is 10.7 Å². The van der Waals surface area contributed by atoms with Gasteiger partial charge in [-0.05, 0) is 12.1 Å². The van der Waals surface area contributed by atoms with Crippen molar-refractivity contribution in [3.63, 3.8) is 0 Å². The van der Waals surface area contributed by atoms with E-state index in [2.05, 4.69) is 9.97 Å². The van der Waals surface area contributed by atoms with Crippen LogP contribution in [0.5, 0.6) is 0 Å². The van der Waals surface area contributed by atoms with Gasteiger partial charge in [0.15, 0.2) is 0 Å². The lowest BCUT2D eigenvalue weighted by Gasteiger charge is -2.07. The molecule has 0 bridgehead atoms. The van der Waals surface area contributed by atoms with Crippen LogP contribution in [0.4, 0.5) is 5.69 Å². The number of nitrogens with one attached hydrogen (secondary N) is 1. The second-order valence-electron chi connectivity index (χ2n) is 3.67. The maximum absolute atomic E-state index is 6.14. The van der Waals surface area contributed by atoms with E-state index in [4.69, 9.17) is 5.73 Å². The smallest absolute Gasteiger partial charge is 0.140 e. The number of allylic oxidation sites excluding steroid dienone is 4. The highest BCUT2D eigenvalue weighted by molar-refractivity contribution is 5.95. The van der Waals surface area contributed by atoms with Crippen molar-refractivity contribution in [2.45, 2.75) is 0 Å². The van der Waals surface area contributed by atoms with Crippen molar-refractivity contribution in [3.05, 3.63) is 47.8 Å². The normalized spacial score (nSPS) is 19.8. The summed E-state index contributed by atoms with van der Waals surface area (Å²) in [6.07, 6.45) is 13.7. The van der Waals surface area contributed by atoms with E-state index < -0.39 is 0 Å². The standard InChI is InChI=1S/C13H11N3/c14-12-9-5-3-1-2-4-6-11(9)16-13-10(12)7-8-15-13/h1-8H,(H3,14,15,16). The molecule has 78 valence electrons. The van der Waals surface area contributed by atoms with Crippen LogP contribution in [0.1, 0.15) is 11.3 Å². The molecule has 0 saturated heterocycles. The van der Waals surface area contributed by atoms with Crippen LogP contribution < -0.4 is 5.73 Å². The van der Waals surface area contributed by atoms with Crippen LogP contribution >= 0.6 is 0 Å². The number of aromatic amines is 1. The van der Waals surface area contributed by atoms with Crippen LogP contribution in [-0.4, -0.2) is 9.97 Å². The Kier molecular flexibility index (Phi) is 1.90. The predicted octanol–water partition coefficient (Wildman–Crippen LogP) is 2.74. The summed E-state index contributed by atoms with van der Waals surface area (Å²) in [7, 11) is 0. The van der Waals surface area contributed by atoms with Gasteiger partial charge in [-0.3, -0.25) is 0 Å². The first kappa shape index (κ1) is 8.97.